The molecule has 1 N–H and O–H groups in total. The topological polar surface area (TPSA) is 29.1 Å². The van der Waals surface area contributed by atoms with Gasteiger partial charge in [0.2, 0.25) is 5.91 Å². The van der Waals surface area contributed by atoms with E-state index in [1.807, 2.05) is 0 Å². The van der Waals surface area contributed by atoms with Crippen LogP contribution in [0.4, 0.5) is 26.3 Å². The van der Waals surface area contributed by atoms with Gasteiger partial charge in [-0.25, -0.2) is 0 Å². The van der Waals surface area contributed by atoms with Crippen molar-refractivity contribution in [1.82, 2.24) is 5.32 Å². The maximum absolute atomic E-state index is 13.0. The first-order chi connectivity index (χ1) is 11.6. The molecular weight excluding hydrogens is 348 g/mol. The van der Waals surface area contributed by atoms with Gasteiger partial charge in [-0.05, 0) is 37.0 Å². The summed E-state index contributed by atoms with van der Waals surface area (Å²) in [5.41, 5.74) is -0.195. The zero-order chi connectivity index (χ0) is 18.7. The maximum atomic E-state index is 13.0. The molecule has 0 bridgehead atoms. The Hall–Kier alpha value is -1.73. The highest BCUT2D eigenvalue weighted by Crippen LogP contribution is 2.41. The molecule has 1 aliphatic carbocycles. The minimum Gasteiger partial charge on any atom is -0.356 e. The van der Waals surface area contributed by atoms with Crippen molar-refractivity contribution in [2.45, 2.75) is 44.5 Å². The predicted molar refractivity (Wildman–Crippen MR) is 79.7 cm³/mol. The minimum atomic E-state index is -4.42. The molecule has 25 heavy (non-hydrogen) atoms. The van der Waals surface area contributed by atoms with Crippen molar-refractivity contribution in [1.29, 1.82) is 0 Å². The van der Waals surface area contributed by atoms with Crippen LogP contribution < -0.4 is 5.32 Å². The lowest BCUT2D eigenvalue weighted by molar-refractivity contribution is -0.198. The second-order valence-electron chi connectivity index (χ2n) is 6.27. The molecule has 0 aliphatic heterocycles. The molecule has 2 rings (SSSR count). The highest BCUT2D eigenvalue weighted by Gasteiger charge is 2.47. The third-order valence-corrected chi connectivity index (χ3v) is 4.52. The normalized spacial score (nSPS) is 21.8. The molecule has 1 aromatic carbocycles. The maximum Gasteiger partial charge on any atom is 0.416 e. The zero-order valence-electron chi connectivity index (χ0n) is 13.4. The highest BCUT2D eigenvalue weighted by molar-refractivity contribution is 5.79. The van der Waals surface area contributed by atoms with Crippen LogP contribution in [0.3, 0.4) is 0 Å². The van der Waals surface area contributed by atoms with Gasteiger partial charge in [0, 0.05) is 12.5 Å². The third-order valence-electron chi connectivity index (χ3n) is 4.52. The Kier molecular flexibility index (Phi) is 6.00. The Morgan fingerprint density at radius 1 is 1.00 bits per heavy atom. The van der Waals surface area contributed by atoms with Crippen LogP contribution in [-0.2, 0) is 17.4 Å². The molecule has 1 saturated carbocycles. The molecule has 1 fully saturated rings. The van der Waals surface area contributed by atoms with Gasteiger partial charge in [0.15, 0.2) is 0 Å². The van der Waals surface area contributed by atoms with Crippen LogP contribution in [0.15, 0.2) is 24.3 Å². The Balaban J connectivity index is 1.87. The smallest absolute Gasteiger partial charge is 0.356 e. The summed E-state index contributed by atoms with van der Waals surface area (Å²) in [6, 6.07) is 4.48. The summed E-state index contributed by atoms with van der Waals surface area (Å²) in [6.07, 6.45) is -7.34. The van der Waals surface area contributed by atoms with Crippen molar-refractivity contribution < 1.29 is 31.1 Å². The lowest BCUT2D eigenvalue weighted by atomic mass is 9.78. The lowest BCUT2D eigenvalue weighted by Gasteiger charge is -2.32. The molecule has 2 nitrogen and oxygen atoms in total. The molecule has 0 aromatic heterocycles. The molecule has 0 saturated heterocycles. The van der Waals surface area contributed by atoms with Crippen LogP contribution in [0.1, 0.15) is 36.8 Å². The Bertz CT molecular complexity index is 578. The van der Waals surface area contributed by atoms with Crippen molar-refractivity contribution in [3.8, 4) is 0 Å². The van der Waals surface area contributed by atoms with E-state index in [-0.39, 0.29) is 25.8 Å². The average molecular weight is 367 g/mol. The van der Waals surface area contributed by atoms with E-state index in [9.17, 15) is 31.1 Å². The molecule has 0 spiro atoms. The molecule has 8 heteroatoms. The SMILES string of the molecule is O=C(NCCc1ccc(C(F)(F)F)cc1)[C@@H]1CCCC[C@H]1C(F)(F)F. The van der Waals surface area contributed by atoms with Crippen LogP contribution in [0.25, 0.3) is 0 Å². The first kappa shape index (κ1) is 19.6. The number of alkyl halides is 6. The van der Waals surface area contributed by atoms with Gasteiger partial charge in [-0.15, -0.1) is 0 Å². The zero-order valence-corrected chi connectivity index (χ0v) is 13.4. The van der Waals surface area contributed by atoms with E-state index in [1.165, 1.54) is 12.1 Å². The molecule has 0 unspecified atom stereocenters. The quantitative estimate of drug-likeness (QED) is 0.766. The van der Waals surface area contributed by atoms with Gasteiger partial charge in [-0.3, -0.25) is 4.79 Å². The summed E-state index contributed by atoms with van der Waals surface area (Å²) in [6.45, 7) is 0.0886. The van der Waals surface area contributed by atoms with E-state index in [4.69, 9.17) is 0 Å². The number of rotatable bonds is 4. The molecule has 1 aliphatic rings. The second kappa shape index (κ2) is 7.66. The van der Waals surface area contributed by atoms with Gasteiger partial charge in [0.25, 0.3) is 0 Å². The summed E-state index contributed by atoms with van der Waals surface area (Å²) >= 11 is 0. The second-order valence-corrected chi connectivity index (χ2v) is 6.27. The Labute approximate surface area is 141 Å². The van der Waals surface area contributed by atoms with E-state index in [0.29, 0.717) is 18.4 Å². The van der Waals surface area contributed by atoms with Crippen LogP contribution in [-0.4, -0.2) is 18.6 Å². The van der Waals surface area contributed by atoms with Crippen LogP contribution in [0, 0.1) is 11.8 Å². The van der Waals surface area contributed by atoms with Gasteiger partial charge in [-0.2, -0.15) is 26.3 Å². The van der Waals surface area contributed by atoms with E-state index >= 15 is 0 Å². The Morgan fingerprint density at radius 3 is 2.16 bits per heavy atom. The number of benzene rings is 1. The van der Waals surface area contributed by atoms with E-state index in [0.717, 1.165) is 12.1 Å². The summed E-state index contributed by atoms with van der Waals surface area (Å²) in [5.74, 6) is -3.33. The first-order valence-corrected chi connectivity index (χ1v) is 8.09. The predicted octanol–water partition coefficient (Wildman–Crippen LogP) is 4.73. The number of halogens is 6. The largest absolute Gasteiger partial charge is 0.416 e. The summed E-state index contributed by atoms with van der Waals surface area (Å²) in [5, 5.41) is 2.49. The number of carbonyl (C=O) groups is 1. The fourth-order valence-corrected chi connectivity index (χ4v) is 3.16. The van der Waals surface area contributed by atoms with Gasteiger partial charge in [0.05, 0.1) is 11.5 Å². The summed E-state index contributed by atoms with van der Waals surface area (Å²) in [4.78, 5) is 12.1. The van der Waals surface area contributed by atoms with Gasteiger partial charge in [0.1, 0.15) is 0 Å². The van der Waals surface area contributed by atoms with Crippen molar-refractivity contribution in [3.63, 3.8) is 0 Å². The molecule has 2 atom stereocenters. The number of amides is 1. The van der Waals surface area contributed by atoms with Crippen LogP contribution in [0.5, 0.6) is 0 Å². The molecule has 140 valence electrons. The van der Waals surface area contributed by atoms with Gasteiger partial charge < -0.3 is 5.32 Å². The average Bonchev–Trinajstić information content (AvgIpc) is 2.53. The van der Waals surface area contributed by atoms with E-state index in [1.54, 1.807) is 0 Å². The molecule has 0 heterocycles. The fraction of sp³-hybridized carbons (Fsp3) is 0.588. The van der Waals surface area contributed by atoms with Crippen molar-refractivity contribution in [3.05, 3.63) is 35.4 Å². The number of hydrogen-bond donors (Lipinski definition) is 1. The highest BCUT2D eigenvalue weighted by atomic mass is 19.4. The van der Waals surface area contributed by atoms with Crippen molar-refractivity contribution >= 4 is 5.91 Å². The number of carbonyl (C=O) groups excluding carboxylic acids is 1. The van der Waals surface area contributed by atoms with Gasteiger partial charge >= 0.3 is 12.4 Å². The lowest BCUT2D eigenvalue weighted by Crippen LogP contribution is -2.43. The standard InChI is InChI=1S/C17H19F6NO/c18-16(19,20)12-7-5-11(6-8-12)9-10-24-15(25)13-3-1-2-4-14(13)17(21,22)23/h5-8,13-14H,1-4,9-10H2,(H,24,25)/t13-,14-/m1/s1. The summed E-state index contributed by atoms with van der Waals surface area (Å²) < 4.78 is 76.4. The van der Waals surface area contributed by atoms with Gasteiger partial charge in [-0.1, -0.05) is 25.0 Å². The van der Waals surface area contributed by atoms with Crippen molar-refractivity contribution in [2.24, 2.45) is 11.8 Å². The third kappa shape index (κ3) is 5.37. The molecular formula is C17H19F6NO. The summed E-state index contributed by atoms with van der Waals surface area (Å²) in [7, 11) is 0. The van der Waals surface area contributed by atoms with Crippen molar-refractivity contribution in [2.75, 3.05) is 6.54 Å². The molecule has 0 radical (unpaired) electrons. The fourth-order valence-electron chi connectivity index (χ4n) is 3.16. The molecule has 1 aromatic rings. The monoisotopic (exact) mass is 367 g/mol. The van der Waals surface area contributed by atoms with Crippen LogP contribution >= 0.6 is 0 Å². The van der Waals surface area contributed by atoms with E-state index in [2.05, 4.69) is 5.32 Å². The Morgan fingerprint density at radius 2 is 1.60 bits per heavy atom. The minimum absolute atomic E-state index is 0.0412. The number of nitrogens with one attached hydrogen (secondary N) is 1. The van der Waals surface area contributed by atoms with E-state index < -0.39 is 35.7 Å². The first-order valence-electron chi connectivity index (χ1n) is 8.09. The molecule has 1 amide bonds. The number of hydrogen-bond acceptors (Lipinski definition) is 1. The van der Waals surface area contributed by atoms with Crippen LogP contribution in [0.2, 0.25) is 0 Å².